The number of anilines is 1. The first-order valence-electron chi connectivity index (χ1n) is 8.68. The number of nitrogens with zero attached hydrogens (tertiary/aromatic N) is 3. The second-order valence-electron chi connectivity index (χ2n) is 6.61. The fraction of sp³-hybridized carbons (Fsp3) is 0.300. The Morgan fingerprint density at radius 3 is 2.39 bits per heavy atom. The monoisotopic (exact) mass is 425 g/mol. The minimum Gasteiger partial charge on any atom is -0.309 e. The number of fused-ring (bicyclic) bond motifs is 1. The van der Waals surface area contributed by atoms with Crippen LogP contribution in [0, 0.1) is 11.6 Å². The van der Waals surface area contributed by atoms with Gasteiger partial charge in [-0.2, -0.15) is 0 Å². The molecule has 1 heterocycles. The predicted molar refractivity (Wildman–Crippen MR) is 112 cm³/mol. The van der Waals surface area contributed by atoms with Gasteiger partial charge in [0, 0.05) is 6.54 Å². The number of rotatable bonds is 7. The van der Waals surface area contributed by atoms with Gasteiger partial charge in [0.25, 0.3) is 0 Å². The second-order valence-corrected chi connectivity index (χ2v) is 7.62. The summed E-state index contributed by atoms with van der Waals surface area (Å²) in [7, 11) is 3.95. The fourth-order valence-electron chi connectivity index (χ4n) is 2.75. The van der Waals surface area contributed by atoms with Gasteiger partial charge in [0.05, 0.1) is 16.6 Å². The Labute approximate surface area is 173 Å². The molecule has 0 bridgehead atoms. The van der Waals surface area contributed by atoms with Gasteiger partial charge in [-0.15, -0.1) is 12.4 Å². The summed E-state index contributed by atoms with van der Waals surface area (Å²) in [6.45, 7) is 1.35. The van der Waals surface area contributed by atoms with Crippen LogP contribution in [0.1, 0.15) is 12.0 Å². The molecule has 3 aromatic rings. The Hall–Kier alpha value is -2.09. The summed E-state index contributed by atoms with van der Waals surface area (Å²) in [5.41, 5.74) is 1.41. The van der Waals surface area contributed by atoms with Crippen molar-refractivity contribution in [3.05, 3.63) is 59.7 Å². The molecule has 0 saturated carbocycles. The molecule has 8 heteroatoms. The van der Waals surface area contributed by atoms with Crippen molar-refractivity contribution in [1.29, 1.82) is 0 Å². The van der Waals surface area contributed by atoms with Gasteiger partial charge in [-0.1, -0.05) is 23.5 Å². The van der Waals surface area contributed by atoms with Gasteiger partial charge in [-0.3, -0.25) is 9.69 Å². The number of amides is 1. The van der Waals surface area contributed by atoms with E-state index >= 15 is 0 Å². The minimum atomic E-state index is -0.331. The minimum absolute atomic E-state index is 0. The molecule has 28 heavy (non-hydrogen) atoms. The molecular weight excluding hydrogens is 404 g/mol. The van der Waals surface area contributed by atoms with Crippen molar-refractivity contribution in [2.75, 3.05) is 32.1 Å². The lowest BCUT2D eigenvalue weighted by molar-refractivity contribution is -0.118. The first kappa shape index (κ1) is 22.2. The molecule has 0 unspecified atom stereocenters. The molecule has 0 fully saturated rings. The van der Waals surface area contributed by atoms with E-state index in [2.05, 4.69) is 9.88 Å². The average molecular weight is 426 g/mol. The molecule has 0 aliphatic carbocycles. The van der Waals surface area contributed by atoms with Crippen LogP contribution in [0.15, 0.2) is 42.5 Å². The highest BCUT2D eigenvalue weighted by molar-refractivity contribution is 7.22. The molecular formula is C20H22ClF2N3OS. The number of carbonyl (C=O) groups is 1. The smallest absolute Gasteiger partial charge is 0.233 e. The van der Waals surface area contributed by atoms with Crippen LogP contribution in [0.2, 0.25) is 0 Å². The fourth-order valence-corrected chi connectivity index (χ4v) is 3.78. The highest BCUT2D eigenvalue weighted by Gasteiger charge is 2.20. The third-order valence-electron chi connectivity index (χ3n) is 4.13. The lowest BCUT2D eigenvalue weighted by Crippen LogP contribution is -2.34. The van der Waals surface area contributed by atoms with Crippen molar-refractivity contribution in [2.24, 2.45) is 0 Å². The van der Waals surface area contributed by atoms with Gasteiger partial charge in [-0.05, 0) is 63.0 Å². The van der Waals surface area contributed by atoms with E-state index in [9.17, 15) is 13.6 Å². The maximum Gasteiger partial charge on any atom is 0.233 e. The number of benzene rings is 2. The van der Waals surface area contributed by atoms with Gasteiger partial charge in [-0.25, -0.2) is 13.8 Å². The van der Waals surface area contributed by atoms with Crippen LogP contribution in [0.3, 0.4) is 0 Å². The lowest BCUT2D eigenvalue weighted by atomic mass is 10.1. The highest BCUT2D eigenvalue weighted by atomic mass is 35.5. The van der Waals surface area contributed by atoms with Crippen LogP contribution in [0.25, 0.3) is 10.2 Å². The summed E-state index contributed by atoms with van der Waals surface area (Å²) >= 11 is 1.30. The third-order valence-corrected chi connectivity index (χ3v) is 5.17. The van der Waals surface area contributed by atoms with Crippen molar-refractivity contribution in [1.82, 2.24) is 9.88 Å². The van der Waals surface area contributed by atoms with Crippen LogP contribution in [-0.2, 0) is 11.2 Å². The topological polar surface area (TPSA) is 36.4 Å². The number of aromatic nitrogens is 1. The number of carbonyl (C=O) groups excluding carboxylic acids is 1. The molecule has 0 saturated heterocycles. The van der Waals surface area contributed by atoms with Crippen LogP contribution in [-0.4, -0.2) is 43.0 Å². The molecule has 1 aromatic heterocycles. The normalized spacial score (nSPS) is 10.9. The lowest BCUT2D eigenvalue weighted by Gasteiger charge is -2.21. The molecule has 0 aliphatic rings. The molecule has 0 N–H and O–H groups in total. The SMILES string of the molecule is CN(C)CCCN(C(=O)Cc1ccc(F)cc1)c1nc2ccc(F)cc2s1.Cl. The molecule has 150 valence electrons. The summed E-state index contributed by atoms with van der Waals surface area (Å²) in [4.78, 5) is 21.1. The quantitative estimate of drug-likeness (QED) is 0.558. The molecule has 4 nitrogen and oxygen atoms in total. The van der Waals surface area contributed by atoms with Gasteiger partial charge >= 0.3 is 0 Å². The van der Waals surface area contributed by atoms with E-state index in [0.717, 1.165) is 18.5 Å². The van der Waals surface area contributed by atoms with Crippen LogP contribution >= 0.6 is 23.7 Å². The standard InChI is InChI=1S/C20H21F2N3OS.ClH/c1-24(2)10-3-11-25(19(26)12-14-4-6-15(21)7-5-14)20-23-17-9-8-16(22)13-18(17)27-20;/h4-9,13H,3,10-12H2,1-2H3;1H. The zero-order chi connectivity index (χ0) is 19.4. The van der Waals surface area contributed by atoms with Gasteiger partial charge < -0.3 is 4.90 Å². The molecule has 1 amide bonds. The van der Waals surface area contributed by atoms with Gasteiger partial charge in [0.1, 0.15) is 11.6 Å². The van der Waals surface area contributed by atoms with E-state index in [1.165, 1.54) is 35.6 Å². The van der Waals surface area contributed by atoms with E-state index in [-0.39, 0.29) is 36.4 Å². The van der Waals surface area contributed by atoms with Crippen molar-refractivity contribution >= 4 is 45.0 Å². The van der Waals surface area contributed by atoms with Crippen LogP contribution in [0.5, 0.6) is 0 Å². The molecule has 3 rings (SSSR count). The second kappa shape index (κ2) is 9.91. The Balaban J connectivity index is 0.00000280. The summed E-state index contributed by atoms with van der Waals surface area (Å²) < 4.78 is 27.3. The van der Waals surface area contributed by atoms with Crippen molar-refractivity contribution in [3.8, 4) is 0 Å². The summed E-state index contributed by atoms with van der Waals surface area (Å²) in [6.07, 6.45) is 0.943. The van der Waals surface area contributed by atoms with Crippen LogP contribution in [0.4, 0.5) is 13.9 Å². The first-order valence-corrected chi connectivity index (χ1v) is 9.49. The molecule has 2 aromatic carbocycles. The predicted octanol–water partition coefficient (Wildman–Crippen LogP) is 4.52. The number of hydrogen-bond donors (Lipinski definition) is 0. The third kappa shape index (κ3) is 5.70. The number of thiazole rings is 1. The van der Waals surface area contributed by atoms with Crippen LogP contribution < -0.4 is 4.90 Å². The van der Waals surface area contributed by atoms with E-state index in [1.54, 1.807) is 23.1 Å². The molecule has 0 radical (unpaired) electrons. The Morgan fingerprint density at radius 2 is 1.71 bits per heavy atom. The Kier molecular flexibility index (Phi) is 7.86. The summed E-state index contributed by atoms with van der Waals surface area (Å²) in [5, 5.41) is 0.557. The Morgan fingerprint density at radius 1 is 1.04 bits per heavy atom. The zero-order valence-electron chi connectivity index (χ0n) is 15.7. The van der Waals surface area contributed by atoms with Gasteiger partial charge in [0.15, 0.2) is 5.13 Å². The maximum atomic E-state index is 13.5. The van der Waals surface area contributed by atoms with E-state index < -0.39 is 0 Å². The number of hydrogen-bond acceptors (Lipinski definition) is 4. The molecule has 0 aliphatic heterocycles. The zero-order valence-corrected chi connectivity index (χ0v) is 17.3. The van der Waals surface area contributed by atoms with E-state index in [0.29, 0.717) is 21.9 Å². The summed E-state index contributed by atoms with van der Waals surface area (Å²) in [5.74, 6) is -0.767. The van der Waals surface area contributed by atoms with Crippen molar-refractivity contribution in [3.63, 3.8) is 0 Å². The number of halogens is 3. The largest absolute Gasteiger partial charge is 0.309 e. The first-order chi connectivity index (χ1) is 12.9. The van der Waals surface area contributed by atoms with E-state index in [1.807, 2.05) is 14.1 Å². The highest BCUT2D eigenvalue weighted by Crippen LogP contribution is 2.30. The van der Waals surface area contributed by atoms with Gasteiger partial charge in [0.2, 0.25) is 5.91 Å². The Bertz CT molecular complexity index is 931. The van der Waals surface area contributed by atoms with Crippen molar-refractivity contribution in [2.45, 2.75) is 12.8 Å². The van der Waals surface area contributed by atoms with Crippen molar-refractivity contribution < 1.29 is 13.6 Å². The average Bonchev–Trinajstić information content (AvgIpc) is 3.03. The van der Waals surface area contributed by atoms with E-state index in [4.69, 9.17) is 0 Å². The maximum absolute atomic E-state index is 13.5. The molecule has 0 spiro atoms. The summed E-state index contributed by atoms with van der Waals surface area (Å²) in [6, 6.07) is 10.3. The molecule has 0 atom stereocenters.